The average molecular weight is 400 g/mol. The number of aromatic nitrogens is 1. The van der Waals surface area contributed by atoms with Crippen LogP contribution in [0, 0.1) is 0 Å². The van der Waals surface area contributed by atoms with Crippen LogP contribution in [-0.2, 0) is 0 Å². The quantitative estimate of drug-likeness (QED) is 0.298. The number of thiophene rings is 1. The minimum atomic E-state index is 0.283. The van der Waals surface area contributed by atoms with E-state index >= 15 is 0 Å². The maximum Gasteiger partial charge on any atom is 0.166 e. The summed E-state index contributed by atoms with van der Waals surface area (Å²) in [6.07, 6.45) is 8.52. The summed E-state index contributed by atoms with van der Waals surface area (Å²) >= 11 is 7.30. The van der Waals surface area contributed by atoms with Gasteiger partial charge in [0.1, 0.15) is 0 Å². The van der Waals surface area contributed by atoms with Gasteiger partial charge >= 0.3 is 0 Å². The van der Waals surface area contributed by atoms with Crippen molar-refractivity contribution in [2.45, 2.75) is 44.9 Å². The Bertz CT molecular complexity index is 823. The summed E-state index contributed by atoms with van der Waals surface area (Å²) in [5.74, 6) is 0.283. The van der Waals surface area contributed by atoms with Crippen LogP contribution in [0.2, 0.25) is 0 Å². The van der Waals surface area contributed by atoms with Gasteiger partial charge in [-0.25, -0.2) is 0 Å². The largest absolute Gasteiger partial charge is 0.363 e. The van der Waals surface area contributed by atoms with E-state index in [1.807, 2.05) is 0 Å². The Morgan fingerprint density at radius 2 is 1.93 bits per heavy atom. The van der Waals surface area contributed by atoms with Crippen LogP contribution in [0.15, 0.2) is 48.0 Å². The minimum absolute atomic E-state index is 0.283. The number of para-hydroxylation sites is 1. The molecule has 1 aromatic carbocycles. The smallest absolute Gasteiger partial charge is 0.166 e. The molecule has 3 N–H and O–H groups in total. The van der Waals surface area contributed by atoms with Crippen LogP contribution < -0.4 is 10.6 Å². The van der Waals surface area contributed by atoms with Gasteiger partial charge in [-0.15, -0.1) is 11.3 Å². The molecule has 0 aliphatic heterocycles. The zero-order chi connectivity index (χ0) is 18.9. The van der Waals surface area contributed by atoms with Crippen LogP contribution in [-0.4, -0.2) is 23.2 Å². The van der Waals surface area contributed by atoms with Gasteiger partial charge in [-0.1, -0.05) is 56.9 Å². The Morgan fingerprint density at radius 3 is 2.74 bits per heavy atom. The molecule has 0 radical (unpaired) electrons. The Morgan fingerprint density at radius 1 is 1.07 bits per heavy atom. The summed E-state index contributed by atoms with van der Waals surface area (Å²) in [4.78, 5) is 4.76. The molecule has 2 aromatic heterocycles. The van der Waals surface area contributed by atoms with E-state index in [1.165, 1.54) is 53.4 Å². The van der Waals surface area contributed by atoms with Crippen LogP contribution in [0.25, 0.3) is 10.9 Å². The van der Waals surface area contributed by atoms with Crippen molar-refractivity contribution in [3.8, 4) is 0 Å². The van der Waals surface area contributed by atoms with Gasteiger partial charge in [0.05, 0.1) is 0 Å². The second-order valence-corrected chi connectivity index (χ2v) is 8.30. The fourth-order valence-electron chi connectivity index (χ4n) is 3.42. The second kappa shape index (κ2) is 10.5. The average Bonchev–Trinajstić information content (AvgIpc) is 3.36. The van der Waals surface area contributed by atoms with Gasteiger partial charge in [-0.3, -0.25) is 0 Å². The standard InChI is InChI=1S/C22H29N3S2/c1-2-3-4-5-8-13-23-22(26)25-16-19(21-12-9-14-27-21)18-15-24-20-11-7-6-10-17(18)20/h6-7,9-12,14-15,19,24H,2-5,8,13,16H2,1H3,(H2,23,25,26). The van der Waals surface area contributed by atoms with Crippen molar-refractivity contribution in [3.05, 3.63) is 58.4 Å². The third-order valence-electron chi connectivity index (χ3n) is 4.92. The molecule has 27 heavy (non-hydrogen) atoms. The number of hydrogen-bond acceptors (Lipinski definition) is 2. The molecule has 0 bridgehead atoms. The lowest BCUT2D eigenvalue weighted by Crippen LogP contribution is -2.38. The SMILES string of the molecule is CCCCCCCNC(=S)NCC(c1cccs1)c1c[nH]c2ccccc12. The molecule has 1 atom stereocenters. The van der Waals surface area contributed by atoms with Gasteiger partial charge in [-0.2, -0.15) is 0 Å². The number of H-pyrrole nitrogens is 1. The van der Waals surface area contributed by atoms with E-state index in [0.717, 1.165) is 18.2 Å². The molecule has 3 rings (SSSR count). The van der Waals surface area contributed by atoms with E-state index in [4.69, 9.17) is 12.2 Å². The highest BCUT2D eigenvalue weighted by atomic mass is 32.1. The number of hydrogen-bond donors (Lipinski definition) is 3. The van der Waals surface area contributed by atoms with Crippen molar-refractivity contribution in [2.24, 2.45) is 0 Å². The highest BCUT2D eigenvalue weighted by Gasteiger charge is 2.19. The zero-order valence-electron chi connectivity index (χ0n) is 16.0. The van der Waals surface area contributed by atoms with Crippen LogP contribution in [0.3, 0.4) is 0 Å². The zero-order valence-corrected chi connectivity index (χ0v) is 17.6. The number of thiocarbonyl (C=S) groups is 1. The molecule has 0 spiro atoms. The van der Waals surface area contributed by atoms with Crippen LogP contribution in [0.1, 0.15) is 55.4 Å². The maximum absolute atomic E-state index is 5.50. The molecular formula is C22H29N3S2. The van der Waals surface area contributed by atoms with E-state index in [1.54, 1.807) is 11.3 Å². The number of nitrogens with one attached hydrogen (secondary N) is 3. The predicted octanol–water partition coefficient (Wildman–Crippen LogP) is 5.80. The summed E-state index contributed by atoms with van der Waals surface area (Å²) in [6.45, 7) is 3.99. The third-order valence-corrected chi connectivity index (χ3v) is 6.19. The predicted molar refractivity (Wildman–Crippen MR) is 122 cm³/mol. The highest BCUT2D eigenvalue weighted by molar-refractivity contribution is 7.80. The van der Waals surface area contributed by atoms with E-state index in [0.29, 0.717) is 0 Å². The Hall–Kier alpha value is -1.85. The highest BCUT2D eigenvalue weighted by Crippen LogP contribution is 2.32. The lowest BCUT2D eigenvalue weighted by Gasteiger charge is -2.18. The summed E-state index contributed by atoms with van der Waals surface area (Å²) < 4.78 is 0. The Kier molecular flexibility index (Phi) is 7.72. The number of rotatable bonds is 10. The molecule has 0 saturated carbocycles. The monoisotopic (exact) mass is 399 g/mol. The summed E-state index contributed by atoms with van der Waals surface area (Å²) in [6, 6.07) is 12.8. The number of benzene rings is 1. The molecule has 5 heteroatoms. The van der Waals surface area contributed by atoms with Gasteiger partial charge in [0, 0.05) is 41.0 Å². The first-order valence-electron chi connectivity index (χ1n) is 9.90. The van der Waals surface area contributed by atoms with E-state index in [2.05, 4.69) is 70.5 Å². The first-order valence-corrected chi connectivity index (χ1v) is 11.2. The maximum atomic E-state index is 5.50. The van der Waals surface area contributed by atoms with Crippen molar-refractivity contribution in [3.63, 3.8) is 0 Å². The van der Waals surface area contributed by atoms with Crippen molar-refractivity contribution < 1.29 is 0 Å². The number of unbranched alkanes of at least 4 members (excludes halogenated alkanes) is 4. The molecule has 3 aromatic rings. The normalized spacial score (nSPS) is 12.2. The van der Waals surface area contributed by atoms with E-state index < -0.39 is 0 Å². The van der Waals surface area contributed by atoms with Crippen LogP contribution in [0.4, 0.5) is 0 Å². The van der Waals surface area contributed by atoms with Gasteiger partial charge < -0.3 is 15.6 Å². The van der Waals surface area contributed by atoms with Crippen LogP contribution in [0.5, 0.6) is 0 Å². The van der Waals surface area contributed by atoms with Crippen molar-refractivity contribution in [1.29, 1.82) is 0 Å². The third kappa shape index (κ3) is 5.56. The molecule has 0 saturated heterocycles. The molecule has 1 unspecified atom stereocenters. The molecule has 3 nitrogen and oxygen atoms in total. The minimum Gasteiger partial charge on any atom is -0.363 e. The van der Waals surface area contributed by atoms with Gasteiger partial charge in [-0.05, 0) is 41.7 Å². The second-order valence-electron chi connectivity index (χ2n) is 6.91. The summed E-state index contributed by atoms with van der Waals surface area (Å²) in [5, 5.41) is 11.0. The first-order chi connectivity index (χ1) is 13.3. The fraction of sp³-hybridized carbons (Fsp3) is 0.409. The molecular weight excluding hydrogens is 370 g/mol. The van der Waals surface area contributed by atoms with Crippen molar-refractivity contribution in [1.82, 2.24) is 15.6 Å². The molecule has 0 aliphatic carbocycles. The Labute approximate surface area is 171 Å². The number of fused-ring (bicyclic) bond motifs is 1. The molecule has 0 amide bonds. The topological polar surface area (TPSA) is 39.8 Å². The molecule has 0 fully saturated rings. The van der Waals surface area contributed by atoms with Crippen molar-refractivity contribution in [2.75, 3.05) is 13.1 Å². The van der Waals surface area contributed by atoms with E-state index in [9.17, 15) is 0 Å². The summed E-state index contributed by atoms with van der Waals surface area (Å²) in [7, 11) is 0. The number of aromatic amines is 1. The summed E-state index contributed by atoms with van der Waals surface area (Å²) in [5.41, 5.74) is 2.50. The van der Waals surface area contributed by atoms with E-state index in [-0.39, 0.29) is 5.92 Å². The molecule has 144 valence electrons. The Balaban J connectivity index is 1.58. The fourth-order valence-corrected chi connectivity index (χ4v) is 4.45. The van der Waals surface area contributed by atoms with Gasteiger partial charge in [0.25, 0.3) is 0 Å². The first kappa shape index (κ1) is 19.9. The molecule has 0 aliphatic rings. The lowest BCUT2D eigenvalue weighted by atomic mass is 9.97. The van der Waals surface area contributed by atoms with Gasteiger partial charge in [0.15, 0.2) is 5.11 Å². The van der Waals surface area contributed by atoms with Crippen molar-refractivity contribution >= 4 is 39.6 Å². The van der Waals surface area contributed by atoms with Gasteiger partial charge in [0.2, 0.25) is 0 Å². The molecule has 2 heterocycles. The lowest BCUT2D eigenvalue weighted by molar-refractivity contribution is 0.621. The van der Waals surface area contributed by atoms with Crippen LogP contribution >= 0.6 is 23.6 Å².